The Labute approximate surface area is 71.3 Å². The number of halogens is 2. The van der Waals surface area contributed by atoms with Gasteiger partial charge in [-0.05, 0) is 18.8 Å². The van der Waals surface area contributed by atoms with Gasteiger partial charge in [0.1, 0.15) is 0 Å². The van der Waals surface area contributed by atoms with Gasteiger partial charge in [0.15, 0.2) is 0 Å². The van der Waals surface area contributed by atoms with E-state index < -0.39 is 6.43 Å². The minimum absolute atomic E-state index is 0.129. The molecule has 1 unspecified atom stereocenters. The Hall–Kier alpha value is -0.220. The molecule has 1 aliphatic rings. The van der Waals surface area contributed by atoms with E-state index in [-0.39, 0.29) is 12.6 Å². The average Bonchev–Trinajstić information content (AvgIpc) is 2.79. The lowest BCUT2D eigenvalue weighted by molar-refractivity contribution is 0.117. The molecule has 0 aromatic carbocycles. The molecule has 72 valence electrons. The van der Waals surface area contributed by atoms with Crippen LogP contribution in [-0.4, -0.2) is 32.7 Å². The van der Waals surface area contributed by atoms with Gasteiger partial charge in [0.25, 0.3) is 6.43 Å². The molecule has 0 spiro atoms. The molecule has 1 aliphatic carbocycles. The molecule has 0 aliphatic heterocycles. The molecule has 1 N–H and O–H groups in total. The fourth-order valence-electron chi connectivity index (χ4n) is 1.28. The van der Waals surface area contributed by atoms with Crippen LogP contribution in [0.15, 0.2) is 0 Å². The Morgan fingerprint density at radius 3 is 2.58 bits per heavy atom. The molecule has 4 heteroatoms. The van der Waals surface area contributed by atoms with Crippen molar-refractivity contribution >= 4 is 0 Å². The van der Waals surface area contributed by atoms with E-state index in [1.54, 1.807) is 7.11 Å². The summed E-state index contributed by atoms with van der Waals surface area (Å²) >= 11 is 0. The molecule has 0 heterocycles. The van der Waals surface area contributed by atoms with E-state index in [2.05, 4.69) is 5.32 Å². The Morgan fingerprint density at radius 1 is 1.50 bits per heavy atom. The van der Waals surface area contributed by atoms with E-state index in [0.29, 0.717) is 12.5 Å². The van der Waals surface area contributed by atoms with E-state index in [4.69, 9.17) is 4.74 Å². The normalized spacial score (nSPS) is 20.0. The van der Waals surface area contributed by atoms with Gasteiger partial charge in [-0.3, -0.25) is 0 Å². The summed E-state index contributed by atoms with van der Waals surface area (Å²) in [5, 5.41) is 2.81. The maximum atomic E-state index is 11.8. The van der Waals surface area contributed by atoms with Crippen LogP contribution in [0.4, 0.5) is 8.78 Å². The van der Waals surface area contributed by atoms with E-state index in [1.807, 2.05) is 0 Å². The highest BCUT2D eigenvalue weighted by atomic mass is 19.3. The molecular weight excluding hydrogens is 164 g/mol. The Balaban J connectivity index is 2.13. The highest BCUT2D eigenvalue weighted by Crippen LogP contribution is 2.32. The third-order valence-corrected chi connectivity index (χ3v) is 2.07. The van der Waals surface area contributed by atoms with Gasteiger partial charge in [-0.15, -0.1) is 0 Å². The SMILES string of the molecule is COCC(NCC(F)F)C1CC1. The number of hydrogen-bond acceptors (Lipinski definition) is 2. The van der Waals surface area contributed by atoms with Gasteiger partial charge in [0.2, 0.25) is 0 Å². The molecule has 0 saturated heterocycles. The molecule has 2 nitrogen and oxygen atoms in total. The van der Waals surface area contributed by atoms with E-state index in [0.717, 1.165) is 12.8 Å². The predicted molar refractivity (Wildman–Crippen MR) is 42.4 cm³/mol. The van der Waals surface area contributed by atoms with Crippen molar-refractivity contribution < 1.29 is 13.5 Å². The van der Waals surface area contributed by atoms with E-state index in [9.17, 15) is 8.78 Å². The van der Waals surface area contributed by atoms with Crippen molar-refractivity contribution in [2.45, 2.75) is 25.3 Å². The van der Waals surface area contributed by atoms with E-state index in [1.165, 1.54) is 0 Å². The quantitative estimate of drug-likeness (QED) is 0.663. The first-order valence-corrected chi connectivity index (χ1v) is 4.24. The summed E-state index contributed by atoms with van der Waals surface area (Å²) in [5.41, 5.74) is 0. The molecule has 1 saturated carbocycles. The van der Waals surface area contributed by atoms with Crippen LogP contribution in [-0.2, 0) is 4.74 Å². The van der Waals surface area contributed by atoms with Gasteiger partial charge >= 0.3 is 0 Å². The van der Waals surface area contributed by atoms with Gasteiger partial charge in [-0.25, -0.2) is 8.78 Å². The van der Waals surface area contributed by atoms with Gasteiger partial charge < -0.3 is 10.1 Å². The molecule has 12 heavy (non-hydrogen) atoms. The Kier molecular flexibility index (Phi) is 3.88. The summed E-state index contributed by atoms with van der Waals surface area (Å²) in [6.07, 6.45) is 0.0252. The molecule has 0 aromatic rings. The average molecular weight is 179 g/mol. The maximum absolute atomic E-state index is 11.8. The van der Waals surface area contributed by atoms with Crippen LogP contribution in [0.2, 0.25) is 0 Å². The van der Waals surface area contributed by atoms with E-state index >= 15 is 0 Å². The van der Waals surface area contributed by atoms with Crippen molar-refractivity contribution in [2.24, 2.45) is 5.92 Å². The van der Waals surface area contributed by atoms with Gasteiger partial charge in [-0.2, -0.15) is 0 Å². The summed E-state index contributed by atoms with van der Waals surface area (Å²) in [4.78, 5) is 0. The standard InChI is InChI=1S/C8H15F2NO/c1-12-5-7(6-2-3-6)11-4-8(9)10/h6-8,11H,2-5H2,1H3. The first kappa shape index (κ1) is 9.86. The number of ether oxygens (including phenoxy) is 1. The zero-order valence-electron chi connectivity index (χ0n) is 7.22. The lowest BCUT2D eigenvalue weighted by atomic mass is 10.2. The summed E-state index contributed by atoms with van der Waals surface area (Å²) < 4.78 is 28.6. The second-order valence-electron chi connectivity index (χ2n) is 3.20. The van der Waals surface area contributed by atoms with Crippen LogP contribution in [0, 0.1) is 5.92 Å². The third-order valence-electron chi connectivity index (χ3n) is 2.07. The maximum Gasteiger partial charge on any atom is 0.250 e. The van der Waals surface area contributed by atoms with Crippen LogP contribution < -0.4 is 5.32 Å². The Morgan fingerprint density at radius 2 is 2.17 bits per heavy atom. The topological polar surface area (TPSA) is 21.3 Å². The highest BCUT2D eigenvalue weighted by molar-refractivity contribution is 4.86. The van der Waals surface area contributed by atoms with Crippen molar-refractivity contribution in [1.82, 2.24) is 5.32 Å². The molecule has 0 radical (unpaired) electrons. The van der Waals surface area contributed by atoms with Crippen LogP contribution in [0.1, 0.15) is 12.8 Å². The second kappa shape index (κ2) is 4.72. The number of methoxy groups -OCH3 is 1. The zero-order valence-corrected chi connectivity index (χ0v) is 7.22. The molecule has 1 fully saturated rings. The lowest BCUT2D eigenvalue weighted by Gasteiger charge is -2.16. The van der Waals surface area contributed by atoms with Crippen molar-refractivity contribution in [3.63, 3.8) is 0 Å². The zero-order chi connectivity index (χ0) is 8.97. The fraction of sp³-hybridized carbons (Fsp3) is 1.00. The molecular formula is C8H15F2NO. The van der Waals surface area contributed by atoms with Crippen molar-refractivity contribution in [3.05, 3.63) is 0 Å². The summed E-state index contributed by atoms with van der Waals surface area (Å²) in [6.45, 7) is 0.321. The molecule has 0 aromatic heterocycles. The number of hydrogen-bond donors (Lipinski definition) is 1. The second-order valence-corrected chi connectivity index (χ2v) is 3.20. The lowest BCUT2D eigenvalue weighted by Crippen LogP contribution is -2.38. The van der Waals surface area contributed by atoms with Gasteiger partial charge in [0.05, 0.1) is 13.2 Å². The monoisotopic (exact) mass is 179 g/mol. The van der Waals surface area contributed by atoms with Crippen LogP contribution >= 0.6 is 0 Å². The summed E-state index contributed by atoms with van der Waals surface area (Å²) in [7, 11) is 1.60. The third kappa shape index (κ3) is 3.45. The largest absolute Gasteiger partial charge is 0.383 e. The first-order chi connectivity index (χ1) is 5.74. The number of nitrogens with one attached hydrogen (secondary N) is 1. The van der Waals surface area contributed by atoms with Crippen molar-refractivity contribution in [2.75, 3.05) is 20.3 Å². The molecule has 0 amide bonds. The Bertz CT molecular complexity index is 128. The van der Waals surface area contributed by atoms with Crippen molar-refractivity contribution in [3.8, 4) is 0 Å². The van der Waals surface area contributed by atoms with Crippen LogP contribution in [0.3, 0.4) is 0 Å². The summed E-state index contributed by atoms with van der Waals surface area (Å²) in [5.74, 6) is 0.559. The first-order valence-electron chi connectivity index (χ1n) is 4.24. The van der Waals surface area contributed by atoms with Gasteiger partial charge in [-0.1, -0.05) is 0 Å². The van der Waals surface area contributed by atoms with Gasteiger partial charge in [0, 0.05) is 13.2 Å². The smallest absolute Gasteiger partial charge is 0.250 e. The molecule has 0 bridgehead atoms. The molecule has 1 atom stereocenters. The fourth-order valence-corrected chi connectivity index (χ4v) is 1.28. The molecule has 1 rings (SSSR count). The predicted octanol–water partition coefficient (Wildman–Crippen LogP) is 1.27. The van der Waals surface area contributed by atoms with Crippen molar-refractivity contribution in [1.29, 1.82) is 0 Å². The van der Waals surface area contributed by atoms with Crippen LogP contribution in [0.25, 0.3) is 0 Å². The minimum Gasteiger partial charge on any atom is -0.383 e. The highest BCUT2D eigenvalue weighted by Gasteiger charge is 2.31. The summed E-state index contributed by atoms with van der Waals surface area (Å²) in [6, 6.07) is 0.129. The number of alkyl halides is 2. The number of rotatable bonds is 6. The minimum atomic E-state index is -2.26. The van der Waals surface area contributed by atoms with Crippen LogP contribution in [0.5, 0.6) is 0 Å².